The van der Waals surface area contributed by atoms with Gasteiger partial charge in [0.15, 0.2) is 0 Å². The quantitative estimate of drug-likeness (QED) is 0.881. The van der Waals surface area contributed by atoms with Gasteiger partial charge in [0, 0.05) is 25.3 Å². The summed E-state index contributed by atoms with van der Waals surface area (Å²) in [6.07, 6.45) is 10.6. The Morgan fingerprint density at radius 1 is 1.32 bits per heavy atom. The van der Waals surface area contributed by atoms with Gasteiger partial charge in [-0.15, -0.1) is 0 Å². The van der Waals surface area contributed by atoms with Crippen LogP contribution in [0.1, 0.15) is 51.5 Å². The van der Waals surface area contributed by atoms with Crippen molar-refractivity contribution in [3.8, 4) is 0 Å². The van der Waals surface area contributed by atoms with E-state index in [9.17, 15) is 0 Å². The lowest BCUT2D eigenvalue weighted by atomic mass is 10.1. The fraction of sp³-hybridized carbons (Fsp3) is 0.688. The molecule has 1 fully saturated rings. The second kappa shape index (κ2) is 7.49. The number of rotatable bonds is 5. The summed E-state index contributed by atoms with van der Waals surface area (Å²) in [6, 6.07) is 2.85. The minimum atomic E-state index is 0.687. The Bertz CT molecular complexity index is 378. The second-order valence-electron chi connectivity index (χ2n) is 5.39. The lowest BCUT2D eigenvalue weighted by Crippen LogP contribution is -2.35. The van der Waals surface area contributed by atoms with Crippen LogP contribution in [0.2, 0.25) is 0 Å². The van der Waals surface area contributed by atoms with Gasteiger partial charge in [-0.2, -0.15) is 0 Å². The number of hydrogen-bond acceptors (Lipinski definition) is 3. The minimum Gasteiger partial charge on any atom is -0.367 e. The van der Waals surface area contributed by atoms with Crippen LogP contribution in [0.5, 0.6) is 0 Å². The Hall–Kier alpha value is -1.09. The summed E-state index contributed by atoms with van der Waals surface area (Å²) in [6.45, 7) is 7.61. The van der Waals surface area contributed by atoms with Crippen molar-refractivity contribution in [2.75, 3.05) is 18.0 Å². The molecular formula is C16H27N3. The Morgan fingerprint density at radius 2 is 2.21 bits per heavy atom. The highest BCUT2D eigenvalue weighted by molar-refractivity contribution is 5.52. The van der Waals surface area contributed by atoms with Crippen LogP contribution < -0.4 is 10.2 Å². The Balaban J connectivity index is 2.21. The van der Waals surface area contributed by atoms with Crippen LogP contribution in [0.25, 0.3) is 0 Å². The van der Waals surface area contributed by atoms with E-state index in [1.54, 1.807) is 0 Å². The van der Waals surface area contributed by atoms with Gasteiger partial charge in [0.2, 0.25) is 0 Å². The molecular weight excluding hydrogens is 234 g/mol. The summed E-state index contributed by atoms with van der Waals surface area (Å²) in [5, 5.41) is 3.44. The van der Waals surface area contributed by atoms with Gasteiger partial charge in [-0.1, -0.05) is 26.7 Å². The van der Waals surface area contributed by atoms with Crippen molar-refractivity contribution >= 4 is 5.69 Å². The van der Waals surface area contributed by atoms with Crippen LogP contribution in [-0.4, -0.2) is 24.1 Å². The fourth-order valence-electron chi connectivity index (χ4n) is 3.00. The van der Waals surface area contributed by atoms with E-state index < -0.39 is 0 Å². The first kappa shape index (κ1) is 14.3. The molecule has 1 aliphatic heterocycles. The van der Waals surface area contributed by atoms with E-state index in [-0.39, 0.29) is 0 Å². The normalized spacial score (nSPS) is 20.3. The van der Waals surface area contributed by atoms with Crippen molar-refractivity contribution < 1.29 is 0 Å². The highest BCUT2D eigenvalue weighted by Crippen LogP contribution is 2.28. The molecule has 2 rings (SSSR count). The molecule has 2 heterocycles. The van der Waals surface area contributed by atoms with Crippen LogP contribution in [0.3, 0.4) is 0 Å². The number of nitrogens with zero attached hydrogens (tertiary/aromatic N) is 2. The molecule has 1 unspecified atom stereocenters. The van der Waals surface area contributed by atoms with Crippen molar-refractivity contribution in [2.45, 2.75) is 58.5 Å². The third-order valence-corrected chi connectivity index (χ3v) is 4.11. The van der Waals surface area contributed by atoms with Crippen molar-refractivity contribution in [1.82, 2.24) is 10.3 Å². The van der Waals surface area contributed by atoms with Crippen LogP contribution in [0.4, 0.5) is 5.69 Å². The highest BCUT2D eigenvalue weighted by Gasteiger charge is 2.21. The van der Waals surface area contributed by atoms with Gasteiger partial charge in [-0.05, 0) is 37.4 Å². The molecule has 3 heteroatoms. The van der Waals surface area contributed by atoms with Crippen LogP contribution >= 0.6 is 0 Å². The van der Waals surface area contributed by atoms with E-state index in [0.29, 0.717) is 6.04 Å². The molecule has 0 aliphatic carbocycles. The maximum absolute atomic E-state index is 4.36. The predicted molar refractivity (Wildman–Crippen MR) is 81.5 cm³/mol. The first-order valence-electron chi connectivity index (χ1n) is 7.77. The van der Waals surface area contributed by atoms with Crippen LogP contribution in [0.15, 0.2) is 18.5 Å². The van der Waals surface area contributed by atoms with Crippen molar-refractivity contribution in [1.29, 1.82) is 0 Å². The maximum Gasteiger partial charge on any atom is 0.0600 e. The molecule has 106 valence electrons. The summed E-state index contributed by atoms with van der Waals surface area (Å²) >= 11 is 0. The Morgan fingerprint density at radius 3 is 3.00 bits per heavy atom. The first-order valence-corrected chi connectivity index (χ1v) is 7.77. The zero-order valence-electron chi connectivity index (χ0n) is 12.4. The number of pyridine rings is 1. The molecule has 3 nitrogen and oxygen atoms in total. The third-order valence-electron chi connectivity index (χ3n) is 4.11. The van der Waals surface area contributed by atoms with Gasteiger partial charge in [0.25, 0.3) is 0 Å². The lowest BCUT2D eigenvalue weighted by molar-refractivity contribution is 0.553. The molecule has 1 atom stereocenters. The molecule has 1 N–H and O–H groups in total. The molecule has 1 saturated heterocycles. The summed E-state index contributed by atoms with van der Waals surface area (Å²) in [5.74, 6) is 0. The number of aromatic nitrogens is 1. The van der Waals surface area contributed by atoms with Gasteiger partial charge in [-0.25, -0.2) is 0 Å². The average Bonchev–Trinajstić information content (AvgIpc) is 2.70. The molecule has 0 aromatic carbocycles. The van der Waals surface area contributed by atoms with Gasteiger partial charge in [0.1, 0.15) is 0 Å². The van der Waals surface area contributed by atoms with Gasteiger partial charge >= 0.3 is 0 Å². The SMILES string of the molecule is CCNCc1ccncc1N1CCCCCC1CC. The maximum atomic E-state index is 4.36. The monoisotopic (exact) mass is 261 g/mol. The minimum absolute atomic E-state index is 0.687. The molecule has 0 bridgehead atoms. The van der Waals surface area contributed by atoms with Gasteiger partial charge in [-0.3, -0.25) is 4.98 Å². The zero-order chi connectivity index (χ0) is 13.5. The van der Waals surface area contributed by atoms with Crippen LogP contribution in [-0.2, 0) is 6.54 Å². The van der Waals surface area contributed by atoms with Gasteiger partial charge in [0.05, 0.1) is 11.9 Å². The standard InChI is InChI=1S/C16H27N3/c1-3-15-8-6-5-7-11-19(15)16-13-18-10-9-14(16)12-17-4-2/h9-10,13,15,17H,3-8,11-12H2,1-2H3. The van der Waals surface area contributed by atoms with E-state index in [1.165, 1.54) is 49.9 Å². The number of nitrogens with one attached hydrogen (secondary N) is 1. The summed E-state index contributed by atoms with van der Waals surface area (Å²) < 4.78 is 0. The topological polar surface area (TPSA) is 28.2 Å². The Kier molecular flexibility index (Phi) is 5.64. The molecule has 0 saturated carbocycles. The number of hydrogen-bond donors (Lipinski definition) is 1. The highest BCUT2D eigenvalue weighted by atomic mass is 15.2. The van der Waals surface area contributed by atoms with E-state index in [1.807, 2.05) is 6.20 Å². The van der Waals surface area contributed by atoms with Crippen LogP contribution in [0, 0.1) is 0 Å². The van der Waals surface area contributed by atoms with E-state index in [0.717, 1.165) is 13.1 Å². The van der Waals surface area contributed by atoms with E-state index >= 15 is 0 Å². The van der Waals surface area contributed by atoms with Gasteiger partial charge < -0.3 is 10.2 Å². The lowest BCUT2D eigenvalue weighted by Gasteiger charge is -2.32. The largest absolute Gasteiger partial charge is 0.367 e. The Labute approximate surface area is 117 Å². The molecule has 0 amide bonds. The van der Waals surface area contributed by atoms with E-state index in [2.05, 4.69) is 41.3 Å². The number of anilines is 1. The zero-order valence-corrected chi connectivity index (χ0v) is 12.4. The molecule has 1 aliphatic rings. The first-order chi connectivity index (χ1) is 9.36. The molecule has 0 spiro atoms. The van der Waals surface area contributed by atoms with Crippen molar-refractivity contribution in [3.05, 3.63) is 24.0 Å². The van der Waals surface area contributed by atoms with E-state index in [4.69, 9.17) is 0 Å². The fourth-order valence-corrected chi connectivity index (χ4v) is 3.00. The van der Waals surface area contributed by atoms with Crippen molar-refractivity contribution in [2.24, 2.45) is 0 Å². The second-order valence-corrected chi connectivity index (χ2v) is 5.39. The predicted octanol–water partition coefficient (Wildman–Crippen LogP) is 3.35. The molecule has 19 heavy (non-hydrogen) atoms. The summed E-state index contributed by atoms with van der Waals surface area (Å²) in [4.78, 5) is 6.96. The average molecular weight is 261 g/mol. The molecule has 0 radical (unpaired) electrons. The smallest absolute Gasteiger partial charge is 0.0600 e. The summed E-state index contributed by atoms with van der Waals surface area (Å²) in [7, 11) is 0. The molecule has 1 aromatic heterocycles. The third kappa shape index (κ3) is 3.69. The summed E-state index contributed by atoms with van der Waals surface area (Å²) in [5.41, 5.74) is 2.73. The van der Waals surface area contributed by atoms with Crippen molar-refractivity contribution in [3.63, 3.8) is 0 Å². The molecule has 1 aromatic rings.